The van der Waals surface area contributed by atoms with Gasteiger partial charge >= 0.3 is 5.97 Å². The van der Waals surface area contributed by atoms with E-state index in [-0.39, 0.29) is 30.0 Å². The smallest absolute Gasteiger partial charge is 0.325 e. The van der Waals surface area contributed by atoms with Crippen molar-refractivity contribution in [1.82, 2.24) is 4.90 Å². The zero-order valence-electron chi connectivity index (χ0n) is 17.9. The Kier molecular flexibility index (Phi) is 7.61. The van der Waals surface area contributed by atoms with Gasteiger partial charge in [0.1, 0.15) is 6.54 Å². The molecule has 0 unspecified atom stereocenters. The summed E-state index contributed by atoms with van der Waals surface area (Å²) in [6.07, 6.45) is 0. The molecule has 0 aliphatic rings. The van der Waals surface area contributed by atoms with E-state index in [1.165, 1.54) is 29.2 Å². The first-order valence-electron chi connectivity index (χ1n) is 9.72. The molecule has 0 radical (unpaired) electrons. The van der Waals surface area contributed by atoms with Crippen molar-refractivity contribution in [2.45, 2.75) is 45.6 Å². The molecular weight excluding hydrogens is 404 g/mol. The molecule has 1 amide bonds. The molecule has 0 aromatic heterocycles. The van der Waals surface area contributed by atoms with E-state index in [1.54, 1.807) is 26.0 Å². The van der Waals surface area contributed by atoms with Crippen LogP contribution >= 0.6 is 0 Å². The number of ether oxygens (including phenoxy) is 1. The minimum atomic E-state index is -3.76. The molecule has 8 heteroatoms. The number of hydrogen-bond acceptors (Lipinski definition) is 5. The second-order valence-corrected chi connectivity index (χ2v) is 8.93. The van der Waals surface area contributed by atoms with Gasteiger partial charge in [-0.05, 0) is 76.1 Å². The normalized spacial score (nSPS) is 11.3. The number of rotatable bonds is 8. The van der Waals surface area contributed by atoms with Crippen LogP contribution in [0.2, 0.25) is 0 Å². The number of hydrogen-bond donors (Lipinski definition) is 1. The van der Waals surface area contributed by atoms with Gasteiger partial charge in [-0.3, -0.25) is 14.3 Å². The molecule has 2 rings (SSSR count). The Balaban J connectivity index is 2.20. The van der Waals surface area contributed by atoms with Crippen molar-refractivity contribution in [2.75, 3.05) is 17.9 Å². The predicted octanol–water partition coefficient (Wildman–Crippen LogP) is 3.52. The quantitative estimate of drug-likeness (QED) is 0.645. The lowest BCUT2D eigenvalue weighted by Gasteiger charge is -2.25. The first kappa shape index (κ1) is 23.4. The van der Waals surface area contributed by atoms with Crippen LogP contribution in [0.4, 0.5) is 5.69 Å². The number of sulfonamides is 1. The van der Waals surface area contributed by atoms with Crippen molar-refractivity contribution < 1.29 is 22.7 Å². The molecule has 0 heterocycles. The molecule has 0 aliphatic heterocycles. The Bertz CT molecular complexity index is 1010. The number of carbonyl (C=O) groups excluding carboxylic acids is 2. The fraction of sp³-hybridized carbons (Fsp3) is 0.364. The van der Waals surface area contributed by atoms with Crippen LogP contribution in [0.3, 0.4) is 0 Å². The number of amides is 1. The number of esters is 1. The van der Waals surface area contributed by atoms with E-state index in [0.717, 1.165) is 5.56 Å². The lowest BCUT2D eigenvalue weighted by atomic mass is 10.1. The van der Waals surface area contributed by atoms with E-state index < -0.39 is 16.0 Å². The zero-order valence-corrected chi connectivity index (χ0v) is 18.7. The summed E-state index contributed by atoms with van der Waals surface area (Å²) in [7, 11) is -3.76. The lowest BCUT2D eigenvalue weighted by Crippen LogP contribution is -2.41. The molecule has 7 nitrogen and oxygen atoms in total. The maximum Gasteiger partial charge on any atom is 0.325 e. The Morgan fingerprint density at radius 3 is 2.27 bits per heavy atom. The summed E-state index contributed by atoms with van der Waals surface area (Å²) in [5.41, 5.74) is 2.18. The third-order valence-corrected chi connectivity index (χ3v) is 6.03. The number of nitrogens with one attached hydrogen (secondary N) is 1. The summed E-state index contributed by atoms with van der Waals surface area (Å²) in [6, 6.07) is 11.1. The minimum Gasteiger partial charge on any atom is -0.465 e. The fourth-order valence-corrected chi connectivity index (χ4v) is 4.28. The van der Waals surface area contributed by atoms with Gasteiger partial charge in [-0.2, -0.15) is 0 Å². The third kappa shape index (κ3) is 5.82. The van der Waals surface area contributed by atoms with Gasteiger partial charge in [-0.1, -0.05) is 12.1 Å². The summed E-state index contributed by atoms with van der Waals surface area (Å²) in [4.78, 5) is 26.2. The molecule has 2 aromatic carbocycles. The standard InChI is InChI=1S/C22H28N2O5S/c1-6-29-21(25)14-24(15(2)3)22(26)18-9-11-19(12-10-18)23-30(27,28)20-13-16(4)7-8-17(20)5/h7-13,15,23H,6,14H2,1-5H3. The highest BCUT2D eigenvalue weighted by Crippen LogP contribution is 2.21. The van der Waals surface area contributed by atoms with Crippen molar-refractivity contribution in [2.24, 2.45) is 0 Å². The summed E-state index contributed by atoms with van der Waals surface area (Å²) >= 11 is 0. The maximum absolute atomic E-state index is 12.8. The first-order chi connectivity index (χ1) is 14.0. The molecule has 0 saturated carbocycles. The van der Waals surface area contributed by atoms with Crippen LogP contribution in [0.25, 0.3) is 0 Å². The topological polar surface area (TPSA) is 92.8 Å². The summed E-state index contributed by atoms with van der Waals surface area (Å²) in [5, 5.41) is 0. The molecule has 0 fully saturated rings. The van der Waals surface area contributed by atoms with E-state index >= 15 is 0 Å². The maximum atomic E-state index is 12.8. The van der Waals surface area contributed by atoms with Crippen LogP contribution < -0.4 is 4.72 Å². The van der Waals surface area contributed by atoms with Crippen molar-refractivity contribution >= 4 is 27.6 Å². The Morgan fingerprint density at radius 1 is 1.07 bits per heavy atom. The van der Waals surface area contributed by atoms with E-state index in [9.17, 15) is 18.0 Å². The van der Waals surface area contributed by atoms with Gasteiger partial charge in [0.15, 0.2) is 0 Å². The van der Waals surface area contributed by atoms with E-state index in [2.05, 4.69) is 4.72 Å². The molecule has 0 saturated heterocycles. The summed E-state index contributed by atoms with van der Waals surface area (Å²) < 4.78 is 32.9. The van der Waals surface area contributed by atoms with Crippen LogP contribution in [-0.2, 0) is 19.6 Å². The molecule has 0 atom stereocenters. The van der Waals surface area contributed by atoms with Gasteiger partial charge in [0, 0.05) is 17.3 Å². The second kappa shape index (κ2) is 9.75. The van der Waals surface area contributed by atoms with Crippen molar-refractivity contribution in [1.29, 1.82) is 0 Å². The van der Waals surface area contributed by atoms with E-state index in [4.69, 9.17) is 4.74 Å². The lowest BCUT2D eigenvalue weighted by molar-refractivity contribution is -0.144. The highest BCUT2D eigenvalue weighted by Gasteiger charge is 2.23. The predicted molar refractivity (Wildman–Crippen MR) is 116 cm³/mol. The molecular formula is C22H28N2O5S. The molecule has 2 aromatic rings. The molecule has 30 heavy (non-hydrogen) atoms. The Labute approximate surface area is 178 Å². The van der Waals surface area contributed by atoms with Gasteiger partial charge in [0.05, 0.1) is 11.5 Å². The molecule has 162 valence electrons. The number of aryl methyl sites for hydroxylation is 2. The van der Waals surface area contributed by atoms with Crippen LogP contribution in [0.5, 0.6) is 0 Å². The number of nitrogens with zero attached hydrogens (tertiary/aromatic N) is 1. The summed E-state index contributed by atoms with van der Waals surface area (Å²) in [6.45, 7) is 8.99. The molecule has 0 aliphatic carbocycles. The van der Waals surface area contributed by atoms with Crippen LogP contribution in [0.15, 0.2) is 47.4 Å². The fourth-order valence-electron chi connectivity index (χ4n) is 2.89. The van der Waals surface area contributed by atoms with Crippen LogP contribution in [0, 0.1) is 13.8 Å². The summed E-state index contributed by atoms with van der Waals surface area (Å²) in [5.74, 6) is -0.806. The number of carbonyl (C=O) groups is 2. The Hall–Kier alpha value is -2.87. The molecule has 1 N–H and O–H groups in total. The van der Waals surface area contributed by atoms with Crippen molar-refractivity contribution in [3.63, 3.8) is 0 Å². The van der Waals surface area contributed by atoms with Crippen LogP contribution in [-0.4, -0.2) is 44.4 Å². The highest BCUT2D eigenvalue weighted by atomic mass is 32.2. The van der Waals surface area contributed by atoms with Crippen LogP contribution in [0.1, 0.15) is 42.3 Å². The van der Waals surface area contributed by atoms with Gasteiger partial charge < -0.3 is 9.64 Å². The average molecular weight is 433 g/mol. The van der Waals surface area contributed by atoms with E-state index in [1.807, 2.05) is 26.8 Å². The van der Waals surface area contributed by atoms with Gasteiger partial charge in [0.25, 0.3) is 15.9 Å². The third-order valence-electron chi connectivity index (χ3n) is 4.51. The van der Waals surface area contributed by atoms with Crippen molar-refractivity contribution in [3.8, 4) is 0 Å². The monoisotopic (exact) mass is 432 g/mol. The first-order valence-corrected chi connectivity index (χ1v) is 11.2. The minimum absolute atomic E-state index is 0.147. The molecule has 0 bridgehead atoms. The second-order valence-electron chi connectivity index (χ2n) is 7.28. The highest BCUT2D eigenvalue weighted by molar-refractivity contribution is 7.92. The van der Waals surface area contributed by atoms with Gasteiger partial charge in [-0.25, -0.2) is 8.42 Å². The van der Waals surface area contributed by atoms with Crippen molar-refractivity contribution in [3.05, 3.63) is 59.2 Å². The van der Waals surface area contributed by atoms with Gasteiger partial charge in [0.2, 0.25) is 0 Å². The van der Waals surface area contributed by atoms with Gasteiger partial charge in [-0.15, -0.1) is 0 Å². The SMILES string of the molecule is CCOC(=O)CN(C(=O)c1ccc(NS(=O)(=O)c2cc(C)ccc2C)cc1)C(C)C. The average Bonchev–Trinajstić information content (AvgIpc) is 2.67. The zero-order chi connectivity index (χ0) is 22.5. The molecule has 0 spiro atoms. The Morgan fingerprint density at radius 2 is 1.70 bits per heavy atom. The largest absolute Gasteiger partial charge is 0.465 e. The van der Waals surface area contributed by atoms with E-state index in [0.29, 0.717) is 16.8 Å². The number of anilines is 1. The number of benzene rings is 2.